The van der Waals surface area contributed by atoms with Crippen LogP contribution in [0, 0.1) is 0 Å². The molecule has 0 aliphatic carbocycles. The molecule has 0 saturated heterocycles. The van der Waals surface area contributed by atoms with Crippen LogP contribution in [0.1, 0.15) is 6.42 Å². The summed E-state index contributed by atoms with van der Waals surface area (Å²) in [5.74, 6) is 0.0126. The van der Waals surface area contributed by atoms with Crippen molar-refractivity contribution < 1.29 is 4.79 Å². The summed E-state index contributed by atoms with van der Waals surface area (Å²) in [6.07, 6.45) is 0.435. The van der Waals surface area contributed by atoms with Gasteiger partial charge in [-0.25, -0.2) is 0 Å². The van der Waals surface area contributed by atoms with Crippen LogP contribution in [-0.4, -0.2) is 26.5 Å². The molecule has 0 aromatic heterocycles. The van der Waals surface area contributed by atoms with Gasteiger partial charge in [-0.1, -0.05) is 18.2 Å². The first-order valence-electron chi connectivity index (χ1n) is 7.01. The van der Waals surface area contributed by atoms with E-state index in [0.717, 1.165) is 17.1 Å². The highest BCUT2D eigenvalue weighted by atomic mass is 16.1. The lowest BCUT2D eigenvalue weighted by atomic mass is 10.2. The molecule has 0 fully saturated rings. The minimum Gasteiger partial charge on any atom is -0.385 e. The second kappa shape index (κ2) is 7.33. The SMILES string of the molecule is CN(C)c1ccc(NCCC(=O)Nc2ccccc2)cc1. The van der Waals surface area contributed by atoms with Crippen LogP contribution in [0.15, 0.2) is 54.6 Å². The lowest BCUT2D eigenvalue weighted by Crippen LogP contribution is -2.16. The minimum absolute atomic E-state index is 0.0126. The van der Waals surface area contributed by atoms with E-state index in [1.54, 1.807) is 0 Å². The maximum atomic E-state index is 11.8. The normalized spacial score (nSPS) is 10.0. The molecular formula is C17H21N3O. The molecule has 0 aliphatic heterocycles. The Morgan fingerprint density at radius 2 is 1.62 bits per heavy atom. The monoisotopic (exact) mass is 283 g/mol. The molecule has 110 valence electrons. The first kappa shape index (κ1) is 14.9. The first-order chi connectivity index (χ1) is 10.1. The molecule has 4 heteroatoms. The number of anilines is 3. The summed E-state index contributed by atoms with van der Waals surface area (Å²) in [4.78, 5) is 13.8. The predicted octanol–water partition coefficient (Wildman–Crippen LogP) is 3.19. The van der Waals surface area contributed by atoms with Gasteiger partial charge in [0.05, 0.1) is 0 Å². The smallest absolute Gasteiger partial charge is 0.226 e. The molecule has 0 atom stereocenters. The average Bonchev–Trinajstić information content (AvgIpc) is 2.49. The third-order valence-electron chi connectivity index (χ3n) is 3.12. The second-order valence-electron chi connectivity index (χ2n) is 5.03. The van der Waals surface area contributed by atoms with E-state index >= 15 is 0 Å². The topological polar surface area (TPSA) is 44.4 Å². The molecule has 1 amide bonds. The zero-order chi connectivity index (χ0) is 15.1. The molecule has 0 unspecified atom stereocenters. The fourth-order valence-corrected chi connectivity index (χ4v) is 1.94. The van der Waals surface area contributed by atoms with Crippen molar-refractivity contribution in [3.8, 4) is 0 Å². The van der Waals surface area contributed by atoms with Gasteiger partial charge in [-0.2, -0.15) is 0 Å². The molecule has 2 N–H and O–H groups in total. The van der Waals surface area contributed by atoms with Crippen molar-refractivity contribution in [2.75, 3.05) is 36.2 Å². The van der Waals surface area contributed by atoms with E-state index in [0.29, 0.717) is 13.0 Å². The van der Waals surface area contributed by atoms with E-state index in [1.165, 1.54) is 0 Å². The molecule has 0 aliphatic rings. The summed E-state index contributed by atoms with van der Waals surface area (Å²) in [5.41, 5.74) is 3.01. The lowest BCUT2D eigenvalue weighted by molar-refractivity contribution is -0.115. The summed E-state index contributed by atoms with van der Waals surface area (Å²) >= 11 is 0. The number of hydrogen-bond acceptors (Lipinski definition) is 3. The van der Waals surface area contributed by atoms with E-state index in [-0.39, 0.29) is 5.91 Å². The Kier molecular flexibility index (Phi) is 5.21. The Bertz CT molecular complexity index is 564. The molecule has 0 bridgehead atoms. The number of benzene rings is 2. The molecule has 2 rings (SSSR count). The third-order valence-corrected chi connectivity index (χ3v) is 3.12. The molecule has 4 nitrogen and oxygen atoms in total. The van der Waals surface area contributed by atoms with Crippen molar-refractivity contribution in [1.29, 1.82) is 0 Å². The van der Waals surface area contributed by atoms with Gasteiger partial charge in [0.1, 0.15) is 0 Å². The Balaban J connectivity index is 1.75. The van der Waals surface area contributed by atoms with Gasteiger partial charge >= 0.3 is 0 Å². The number of carbonyl (C=O) groups is 1. The fraction of sp³-hybridized carbons (Fsp3) is 0.235. The van der Waals surface area contributed by atoms with E-state index in [2.05, 4.69) is 15.5 Å². The van der Waals surface area contributed by atoms with Gasteiger partial charge in [0.2, 0.25) is 5.91 Å². The highest BCUT2D eigenvalue weighted by molar-refractivity contribution is 5.90. The van der Waals surface area contributed by atoms with E-state index in [4.69, 9.17) is 0 Å². The number of para-hydroxylation sites is 1. The summed E-state index contributed by atoms with van der Waals surface area (Å²) in [7, 11) is 4.02. The summed E-state index contributed by atoms with van der Waals surface area (Å²) in [6.45, 7) is 0.611. The standard InChI is InChI=1S/C17H21N3O/c1-20(2)16-10-8-14(9-11-16)18-13-12-17(21)19-15-6-4-3-5-7-15/h3-11,18H,12-13H2,1-2H3,(H,19,21). The minimum atomic E-state index is 0.0126. The van der Waals surface area contributed by atoms with Crippen LogP contribution in [0.3, 0.4) is 0 Å². The Morgan fingerprint density at radius 3 is 2.24 bits per heavy atom. The van der Waals surface area contributed by atoms with E-state index < -0.39 is 0 Å². The highest BCUT2D eigenvalue weighted by Gasteiger charge is 2.02. The molecular weight excluding hydrogens is 262 g/mol. The van der Waals surface area contributed by atoms with Gasteiger partial charge < -0.3 is 15.5 Å². The maximum Gasteiger partial charge on any atom is 0.226 e. The van der Waals surface area contributed by atoms with Gasteiger partial charge in [0, 0.05) is 44.1 Å². The molecule has 2 aromatic rings. The molecule has 21 heavy (non-hydrogen) atoms. The van der Waals surface area contributed by atoms with Crippen LogP contribution in [0.2, 0.25) is 0 Å². The Labute approximate surface area is 125 Å². The second-order valence-corrected chi connectivity index (χ2v) is 5.03. The van der Waals surface area contributed by atoms with Crippen molar-refractivity contribution in [2.45, 2.75) is 6.42 Å². The molecule has 0 spiro atoms. The van der Waals surface area contributed by atoms with Crippen LogP contribution in [0.5, 0.6) is 0 Å². The zero-order valence-electron chi connectivity index (χ0n) is 12.5. The zero-order valence-corrected chi connectivity index (χ0v) is 12.5. The van der Waals surface area contributed by atoms with Crippen molar-refractivity contribution in [1.82, 2.24) is 0 Å². The Hall–Kier alpha value is -2.49. The average molecular weight is 283 g/mol. The van der Waals surface area contributed by atoms with E-state index in [9.17, 15) is 4.79 Å². The summed E-state index contributed by atoms with van der Waals surface area (Å²) < 4.78 is 0. The summed E-state index contributed by atoms with van der Waals surface area (Å²) in [6, 6.07) is 17.6. The van der Waals surface area contributed by atoms with Crippen LogP contribution in [0.4, 0.5) is 17.1 Å². The van der Waals surface area contributed by atoms with Gasteiger partial charge in [0.25, 0.3) is 0 Å². The maximum absolute atomic E-state index is 11.8. The molecule has 0 saturated carbocycles. The van der Waals surface area contributed by atoms with Gasteiger partial charge in [-0.3, -0.25) is 4.79 Å². The fourth-order valence-electron chi connectivity index (χ4n) is 1.94. The highest BCUT2D eigenvalue weighted by Crippen LogP contribution is 2.15. The lowest BCUT2D eigenvalue weighted by Gasteiger charge is -2.13. The number of hydrogen-bond donors (Lipinski definition) is 2. The third kappa shape index (κ3) is 4.84. The first-order valence-corrected chi connectivity index (χ1v) is 7.01. The summed E-state index contributed by atoms with van der Waals surface area (Å²) in [5, 5.41) is 6.11. The number of amides is 1. The number of carbonyl (C=O) groups excluding carboxylic acids is 1. The van der Waals surface area contributed by atoms with Crippen molar-refractivity contribution in [2.24, 2.45) is 0 Å². The van der Waals surface area contributed by atoms with Crippen LogP contribution in [0.25, 0.3) is 0 Å². The molecule has 2 aromatic carbocycles. The van der Waals surface area contributed by atoms with Crippen molar-refractivity contribution in [3.05, 3.63) is 54.6 Å². The van der Waals surface area contributed by atoms with E-state index in [1.807, 2.05) is 68.7 Å². The van der Waals surface area contributed by atoms with Crippen LogP contribution in [-0.2, 0) is 4.79 Å². The van der Waals surface area contributed by atoms with Crippen LogP contribution >= 0.6 is 0 Å². The van der Waals surface area contributed by atoms with Crippen molar-refractivity contribution in [3.63, 3.8) is 0 Å². The molecule has 0 radical (unpaired) electrons. The Morgan fingerprint density at radius 1 is 0.952 bits per heavy atom. The van der Waals surface area contributed by atoms with Gasteiger partial charge in [-0.15, -0.1) is 0 Å². The predicted molar refractivity (Wildman–Crippen MR) is 88.9 cm³/mol. The van der Waals surface area contributed by atoms with Gasteiger partial charge in [0.15, 0.2) is 0 Å². The van der Waals surface area contributed by atoms with Crippen LogP contribution < -0.4 is 15.5 Å². The quantitative estimate of drug-likeness (QED) is 0.855. The number of nitrogens with zero attached hydrogens (tertiary/aromatic N) is 1. The van der Waals surface area contributed by atoms with Crippen molar-refractivity contribution >= 4 is 23.0 Å². The number of rotatable bonds is 6. The van der Waals surface area contributed by atoms with Gasteiger partial charge in [-0.05, 0) is 36.4 Å². The largest absolute Gasteiger partial charge is 0.385 e. The molecule has 0 heterocycles. The number of nitrogens with one attached hydrogen (secondary N) is 2.